The molecule has 0 bridgehead atoms. The third kappa shape index (κ3) is 4.09. The lowest BCUT2D eigenvalue weighted by Gasteiger charge is -2.20. The minimum atomic E-state index is -0.691. The molecule has 114 valence electrons. The van der Waals surface area contributed by atoms with Crippen LogP contribution in [-0.4, -0.2) is 28.4 Å². The normalized spacial score (nSPS) is 10.0. The number of rotatable bonds is 4. The molecule has 0 saturated heterocycles. The molecule has 2 aromatic carbocycles. The van der Waals surface area contributed by atoms with Gasteiger partial charge in [0, 0.05) is 18.8 Å². The highest BCUT2D eigenvalue weighted by Crippen LogP contribution is 2.14. The lowest BCUT2D eigenvalue weighted by Crippen LogP contribution is -2.39. The summed E-state index contributed by atoms with van der Waals surface area (Å²) < 4.78 is 0. The maximum atomic E-state index is 12.2. The van der Waals surface area contributed by atoms with Crippen LogP contribution in [0, 0.1) is 0 Å². The number of phenols is 1. The van der Waals surface area contributed by atoms with Gasteiger partial charge in [-0.3, -0.25) is 9.59 Å². The minimum Gasteiger partial charge on any atom is -0.508 e. The smallest absolute Gasteiger partial charge is 0.313 e. The number of anilines is 1. The van der Waals surface area contributed by atoms with Crippen LogP contribution in [0.2, 0.25) is 0 Å². The van der Waals surface area contributed by atoms with E-state index in [2.05, 4.69) is 5.32 Å². The summed E-state index contributed by atoms with van der Waals surface area (Å²) in [6.07, 6.45) is 0. The molecule has 0 aliphatic rings. The van der Waals surface area contributed by atoms with E-state index >= 15 is 0 Å². The van der Waals surface area contributed by atoms with E-state index < -0.39 is 11.8 Å². The Hall–Kier alpha value is -2.82. The average molecular weight is 298 g/mol. The Balaban J connectivity index is 2.01. The predicted molar refractivity (Wildman–Crippen MR) is 84.3 cm³/mol. The maximum absolute atomic E-state index is 12.2. The Morgan fingerprint density at radius 1 is 1.05 bits per heavy atom. The number of nitrogens with zero attached hydrogens (tertiary/aromatic N) is 1. The zero-order valence-corrected chi connectivity index (χ0v) is 12.3. The van der Waals surface area contributed by atoms with Gasteiger partial charge in [0.05, 0.1) is 0 Å². The topological polar surface area (TPSA) is 69.6 Å². The van der Waals surface area contributed by atoms with Crippen molar-refractivity contribution < 1.29 is 14.7 Å². The van der Waals surface area contributed by atoms with E-state index in [9.17, 15) is 14.7 Å². The Labute approximate surface area is 129 Å². The van der Waals surface area contributed by atoms with E-state index in [1.807, 2.05) is 37.3 Å². The zero-order valence-electron chi connectivity index (χ0n) is 12.3. The van der Waals surface area contributed by atoms with Crippen LogP contribution in [0.5, 0.6) is 5.75 Å². The van der Waals surface area contributed by atoms with Crippen LogP contribution < -0.4 is 5.32 Å². The van der Waals surface area contributed by atoms with E-state index in [4.69, 9.17) is 0 Å². The molecular formula is C17H18N2O3. The first-order valence-corrected chi connectivity index (χ1v) is 7.03. The van der Waals surface area contributed by atoms with Crippen LogP contribution in [0.25, 0.3) is 0 Å². The summed E-state index contributed by atoms with van der Waals surface area (Å²) in [7, 11) is 0. The first-order chi connectivity index (χ1) is 10.6. The summed E-state index contributed by atoms with van der Waals surface area (Å²) >= 11 is 0. The van der Waals surface area contributed by atoms with Crippen molar-refractivity contribution in [3.63, 3.8) is 0 Å². The number of amides is 2. The maximum Gasteiger partial charge on any atom is 0.313 e. The first kappa shape index (κ1) is 15.6. The van der Waals surface area contributed by atoms with Gasteiger partial charge in [0.15, 0.2) is 0 Å². The molecule has 5 heteroatoms. The summed E-state index contributed by atoms with van der Waals surface area (Å²) in [6, 6.07) is 15.5. The molecule has 0 fully saturated rings. The van der Waals surface area contributed by atoms with Crippen molar-refractivity contribution in [1.82, 2.24) is 4.90 Å². The molecule has 0 heterocycles. The second-order valence-electron chi connectivity index (χ2n) is 4.81. The van der Waals surface area contributed by atoms with Crippen LogP contribution in [0.1, 0.15) is 12.5 Å². The lowest BCUT2D eigenvalue weighted by molar-refractivity contribution is -0.143. The summed E-state index contributed by atoms with van der Waals surface area (Å²) in [5.41, 5.74) is 1.43. The number of carbonyl (C=O) groups is 2. The number of likely N-dealkylation sites (N-methyl/N-ethyl adjacent to an activating group) is 1. The third-order valence-electron chi connectivity index (χ3n) is 3.20. The van der Waals surface area contributed by atoms with Crippen LogP contribution in [-0.2, 0) is 16.1 Å². The fraction of sp³-hybridized carbons (Fsp3) is 0.176. The van der Waals surface area contributed by atoms with Gasteiger partial charge in [0.1, 0.15) is 5.75 Å². The van der Waals surface area contributed by atoms with Gasteiger partial charge in [-0.15, -0.1) is 0 Å². The molecule has 0 spiro atoms. The van der Waals surface area contributed by atoms with Crippen molar-refractivity contribution in [3.8, 4) is 5.75 Å². The molecule has 0 saturated carbocycles. The third-order valence-corrected chi connectivity index (χ3v) is 3.20. The highest BCUT2D eigenvalue weighted by atomic mass is 16.3. The van der Waals surface area contributed by atoms with Gasteiger partial charge in [0.25, 0.3) is 0 Å². The number of hydrogen-bond donors (Lipinski definition) is 2. The van der Waals surface area contributed by atoms with E-state index in [0.717, 1.165) is 5.56 Å². The predicted octanol–water partition coefficient (Wildman–Crippen LogP) is 2.38. The number of nitrogens with one attached hydrogen (secondary N) is 1. The Bertz CT molecular complexity index is 639. The van der Waals surface area contributed by atoms with Crippen molar-refractivity contribution in [2.75, 3.05) is 11.9 Å². The molecule has 5 nitrogen and oxygen atoms in total. The van der Waals surface area contributed by atoms with Gasteiger partial charge in [-0.25, -0.2) is 0 Å². The Kier molecular flexibility index (Phi) is 5.14. The van der Waals surface area contributed by atoms with Crippen molar-refractivity contribution in [1.29, 1.82) is 0 Å². The Morgan fingerprint density at radius 2 is 1.68 bits per heavy atom. The summed E-state index contributed by atoms with van der Waals surface area (Å²) in [4.78, 5) is 25.7. The highest BCUT2D eigenvalue weighted by molar-refractivity contribution is 6.39. The molecule has 0 unspecified atom stereocenters. The van der Waals surface area contributed by atoms with Gasteiger partial charge in [-0.1, -0.05) is 30.3 Å². The number of phenolic OH excluding ortho intramolecular Hbond substituents is 1. The van der Waals surface area contributed by atoms with Gasteiger partial charge in [-0.05, 0) is 36.8 Å². The van der Waals surface area contributed by atoms with Crippen LogP contribution >= 0.6 is 0 Å². The van der Waals surface area contributed by atoms with E-state index in [1.54, 1.807) is 0 Å². The molecule has 2 N–H and O–H groups in total. The highest BCUT2D eigenvalue weighted by Gasteiger charge is 2.20. The summed E-state index contributed by atoms with van der Waals surface area (Å²) in [5.74, 6) is -1.17. The molecule has 2 amide bonds. The molecule has 0 aromatic heterocycles. The summed E-state index contributed by atoms with van der Waals surface area (Å²) in [6.45, 7) is 2.66. The van der Waals surface area contributed by atoms with Gasteiger partial charge >= 0.3 is 11.8 Å². The van der Waals surface area contributed by atoms with Crippen LogP contribution in [0.15, 0.2) is 54.6 Å². The molecule has 0 aliphatic carbocycles. The second-order valence-corrected chi connectivity index (χ2v) is 4.81. The van der Waals surface area contributed by atoms with Crippen molar-refractivity contribution in [2.45, 2.75) is 13.5 Å². The molecule has 0 radical (unpaired) electrons. The molecule has 22 heavy (non-hydrogen) atoms. The van der Waals surface area contributed by atoms with E-state index in [0.29, 0.717) is 18.8 Å². The quantitative estimate of drug-likeness (QED) is 0.672. The molecular weight excluding hydrogens is 280 g/mol. The summed E-state index contributed by atoms with van der Waals surface area (Å²) in [5, 5.41) is 11.7. The van der Waals surface area contributed by atoms with E-state index in [1.165, 1.54) is 29.2 Å². The molecule has 0 atom stereocenters. The van der Waals surface area contributed by atoms with Gasteiger partial charge in [0.2, 0.25) is 0 Å². The van der Waals surface area contributed by atoms with Gasteiger partial charge in [-0.2, -0.15) is 0 Å². The molecule has 0 aliphatic heterocycles. The van der Waals surface area contributed by atoms with Crippen molar-refractivity contribution in [3.05, 3.63) is 60.2 Å². The lowest BCUT2D eigenvalue weighted by atomic mass is 10.2. The fourth-order valence-corrected chi connectivity index (χ4v) is 2.00. The van der Waals surface area contributed by atoms with Crippen LogP contribution in [0.4, 0.5) is 5.69 Å². The van der Waals surface area contributed by atoms with Crippen molar-refractivity contribution >= 4 is 17.5 Å². The molecule has 2 aromatic rings. The number of carbonyl (C=O) groups excluding carboxylic acids is 2. The first-order valence-electron chi connectivity index (χ1n) is 7.03. The molecule has 2 rings (SSSR count). The standard InChI is InChI=1S/C17H18N2O3/c1-2-19(12-13-6-4-3-5-7-13)17(22)16(21)18-14-8-10-15(20)11-9-14/h3-11,20H,2,12H2,1H3,(H,18,21). The number of aromatic hydroxyl groups is 1. The van der Waals surface area contributed by atoms with Gasteiger partial charge < -0.3 is 15.3 Å². The van der Waals surface area contributed by atoms with E-state index in [-0.39, 0.29) is 5.75 Å². The Morgan fingerprint density at radius 3 is 2.27 bits per heavy atom. The average Bonchev–Trinajstić information content (AvgIpc) is 2.55. The zero-order chi connectivity index (χ0) is 15.9. The minimum absolute atomic E-state index is 0.101. The van der Waals surface area contributed by atoms with Crippen LogP contribution in [0.3, 0.4) is 0 Å². The fourth-order valence-electron chi connectivity index (χ4n) is 2.00. The second kappa shape index (κ2) is 7.26. The van der Waals surface area contributed by atoms with Crippen molar-refractivity contribution in [2.24, 2.45) is 0 Å². The SMILES string of the molecule is CCN(Cc1ccccc1)C(=O)C(=O)Nc1ccc(O)cc1. The number of hydrogen-bond acceptors (Lipinski definition) is 3. The monoisotopic (exact) mass is 298 g/mol. The number of benzene rings is 2. The largest absolute Gasteiger partial charge is 0.508 e.